The first kappa shape index (κ1) is 20.2. The predicted octanol–water partition coefficient (Wildman–Crippen LogP) is 2.81. The first-order chi connectivity index (χ1) is 14.5. The summed E-state index contributed by atoms with van der Waals surface area (Å²) in [5, 5.41) is 7.42. The number of unbranched alkanes of at least 4 members (excludes halogenated alkanes) is 1. The monoisotopic (exact) mass is 402 g/mol. The smallest absolute Gasteiger partial charge is 0.260 e. The molecule has 1 atom stereocenters. The van der Waals surface area contributed by atoms with Gasteiger partial charge in [-0.2, -0.15) is 0 Å². The molecule has 4 rings (SSSR count). The number of carbonyl (C=O) groups is 2. The van der Waals surface area contributed by atoms with Crippen molar-refractivity contribution in [2.45, 2.75) is 31.7 Å². The van der Waals surface area contributed by atoms with E-state index < -0.39 is 17.9 Å². The van der Waals surface area contributed by atoms with E-state index in [2.05, 4.69) is 30.3 Å². The van der Waals surface area contributed by atoms with E-state index in [1.807, 2.05) is 24.3 Å². The van der Waals surface area contributed by atoms with E-state index >= 15 is 0 Å². The van der Waals surface area contributed by atoms with Crippen molar-refractivity contribution in [3.63, 3.8) is 0 Å². The highest BCUT2D eigenvalue weighted by atomic mass is 16.2. The Hall–Kier alpha value is -3.06. The van der Waals surface area contributed by atoms with Crippen molar-refractivity contribution in [2.24, 2.45) is 17.3 Å². The van der Waals surface area contributed by atoms with Crippen LogP contribution >= 0.6 is 0 Å². The standard InChI is InChI=1S/C24H26N4O2/c25-13-2-1-6-20(26)24(30)28(27)21(29)14-18-10-9-17-8-7-15-4-3-5-16-11-12-19(18)23(17)22(15)16/h3-5,7-12,20H,1-2,6,13-14,25-27H2/t20-/m0/s1. The minimum absolute atomic E-state index is 0.0337. The molecule has 0 aliphatic rings. The van der Waals surface area contributed by atoms with Crippen LogP contribution in [0.5, 0.6) is 0 Å². The summed E-state index contributed by atoms with van der Waals surface area (Å²) in [6, 6.07) is 17.7. The number of imide groups is 1. The molecule has 6 heteroatoms. The van der Waals surface area contributed by atoms with Crippen LogP contribution in [0.2, 0.25) is 0 Å². The summed E-state index contributed by atoms with van der Waals surface area (Å²) < 4.78 is 0. The molecule has 0 heterocycles. The number of nitrogens with zero attached hydrogens (tertiary/aromatic N) is 1. The highest BCUT2D eigenvalue weighted by Gasteiger charge is 2.24. The lowest BCUT2D eigenvalue weighted by Gasteiger charge is -2.20. The van der Waals surface area contributed by atoms with Gasteiger partial charge < -0.3 is 11.5 Å². The summed E-state index contributed by atoms with van der Waals surface area (Å²) in [5.41, 5.74) is 12.2. The summed E-state index contributed by atoms with van der Waals surface area (Å²) in [7, 11) is 0. The van der Waals surface area contributed by atoms with Crippen molar-refractivity contribution < 1.29 is 9.59 Å². The van der Waals surface area contributed by atoms with E-state index in [4.69, 9.17) is 17.3 Å². The maximum absolute atomic E-state index is 12.8. The van der Waals surface area contributed by atoms with E-state index in [1.54, 1.807) is 0 Å². The van der Waals surface area contributed by atoms with Crippen LogP contribution < -0.4 is 17.3 Å². The van der Waals surface area contributed by atoms with Gasteiger partial charge in [-0.25, -0.2) is 10.9 Å². The Balaban J connectivity index is 1.62. The van der Waals surface area contributed by atoms with Crippen LogP contribution in [0, 0.1) is 0 Å². The normalized spacial score (nSPS) is 12.6. The van der Waals surface area contributed by atoms with Crippen LogP contribution in [0.4, 0.5) is 0 Å². The van der Waals surface area contributed by atoms with Crippen LogP contribution in [0.25, 0.3) is 32.3 Å². The second kappa shape index (κ2) is 8.36. The van der Waals surface area contributed by atoms with Gasteiger partial charge in [-0.1, -0.05) is 61.0 Å². The van der Waals surface area contributed by atoms with Gasteiger partial charge in [0.15, 0.2) is 0 Å². The zero-order chi connectivity index (χ0) is 21.3. The zero-order valence-electron chi connectivity index (χ0n) is 16.8. The lowest BCUT2D eigenvalue weighted by Crippen LogP contribution is -2.51. The van der Waals surface area contributed by atoms with Crippen molar-refractivity contribution in [3.05, 3.63) is 60.2 Å². The second-order valence-corrected chi connectivity index (χ2v) is 7.75. The fourth-order valence-corrected chi connectivity index (χ4v) is 4.13. The first-order valence-corrected chi connectivity index (χ1v) is 10.2. The molecule has 0 unspecified atom stereocenters. The number of nitrogens with two attached hydrogens (primary N) is 3. The lowest BCUT2D eigenvalue weighted by atomic mass is 9.91. The van der Waals surface area contributed by atoms with E-state index in [0.29, 0.717) is 18.0 Å². The van der Waals surface area contributed by atoms with Gasteiger partial charge >= 0.3 is 0 Å². The molecule has 154 valence electrons. The van der Waals surface area contributed by atoms with Crippen LogP contribution in [-0.2, 0) is 16.0 Å². The quantitative estimate of drug-likeness (QED) is 0.145. The Labute approximate surface area is 174 Å². The predicted molar refractivity (Wildman–Crippen MR) is 121 cm³/mol. The molecule has 0 aromatic heterocycles. The van der Waals surface area contributed by atoms with Crippen molar-refractivity contribution in [1.29, 1.82) is 0 Å². The third-order valence-electron chi connectivity index (χ3n) is 5.75. The van der Waals surface area contributed by atoms with Gasteiger partial charge in [0, 0.05) is 0 Å². The molecule has 6 nitrogen and oxygen atoms in total. The molecule has 4 aromatic rings. The van der Waals surface area contributed by atoms with Crippen molar-refractivity contribution in [1.82, 2.24) is 5.01 Å². The van der Waals surface area contributed by atoms with Gasteiger partial charge in [0.25, 0.3) is 5.91 Å². The van der Waals surface area contributed by atoms with Crippen molar-refractivity contribution in [3.8, 4) is 0 Å². The van der Waals surface area contributed by atoms with Crippen LogP contribution in [0.15, 0.2) is 54.6 Å². The van der Waals surface area contributed by atoms with Gasteiger partial charge in [-0.15, -0.1) is 0 Å². The average Bonchev–Trinajstić information content (AvgIpc) is 2.77. The molecule has 0 fully saturated rings. The Morgan fingerprint density at radius 1 is 0.867 bits per heavy atom. The Kier molecular flexibility index (Phi) is 5.63. The second-order valence-electron chi connectivity index (χ2n) is 7.75. The first-order valence-electron chi connectivity index (χ1n) is 10.2. The van der Waals surface area contributed by atoms with Gasteiger partial charge in [0.2, 0.25) is 5.91 Å². The van der Waals surface area contributed by atoms with E-state index in [9.17, 15) is 9.59 Å². The molecule has 0 radical (unpaired) electrons. The fourth-order valence-electron chi connectivity index (χ4n) is 4.13. The Morgan fingerprint density at radius 2 is 1.50 bits per heavy atom. The highest BCUT2D eigenvalue weighted by Crippen LogP contribution is 2.36. The maximum Gasteiger partial charge on any atom is 0.260 e. The van der Waals surface area contributed by atoms with Crippen LogP contribution in [-0.4, -0.2) is 29.4 Å². The number of hydrazine groups is 1. The van der Waals surface area contributed by atoms with E-state index in [1.165, 1.54) is 5.39 Å². The van der Waals surface area contributed by atoms with Gasteiger partial charge in [-0.3, -0.25) is 9.59 Å². The molecule has 30 heavy (non-hydrogen) atoms. The molecule has 4 aromatic carbocycles. The highest BCUT2D eigenvalue weighted by molar-refractivity contribution is 6.23. The molecular weight excluding hydrogens is 376 g/mol. The number of hydrogen-bond donors (Lipinski definition) is 3. The van der Waals surface area contributed by atoms with E-state index in [0.717, 1.165) is 45.3 Å². The largest absolute Gasteiger partial charge is 0.330 e. The molecule has 0 aliphatic carbocycles. The number of amides is 2. The minimum atomic E-state index is -0.799. The number of benzene rings is 4. The molecule has 0 spiro atoms. The number of carbonyl (C=O) groups excluding carboxylic acids is 2. The summed E-state index contributed by atoms with van der Waals surface area (Å²) in [4.78, 5) is 25.2. The summed E-state index contributed by atoms with van der Waals surface area (Å²) in [6.45, 7) is 0.542. The van der Waals surface area contributed by atoms with Crippen LogP contribution in [0.1, 0.15) is 24.8 Å². The van der Waals surface area contributed by atoms with Gasteiger partial charge in [-0.05, 0) is 57.3 Å². The SMILES string of the molecule is NCCCC[C@H](N)C(=O)N(N)C(=O)Cc1ccc2ccc3cccc4ccc1c2c34. The molecule has 0 saturated carbocycles. The van der Waals surface area contributed by atoms with Crippen LogP contribution in [0.3, 0.4) is 0 Å². The molecular formula is C24H26N4O2. The number of rotatable bonds is 7. The molecule has 0 saturated heterocycles. The summed E-state index contributed by atoms with van der Waals surface area (Å²) in [6.07, 6.45) is 1.99. The molecule has 0 aliphatic heterocycles. The Bertz CT molecular complexity index is 1200. The van der Waals surface area contributed by atoms with Crippen molar-refractivity contribution >= 4 is 44.1 Å². The lowest BCUT2D eigenvalue weighted by molar-refractivity contribution is -0.145. The van der Waals surface area contributed by atoms with Crippen molar-refractivity contribution in [2.75, 3.05) is 6.54 Å². The van der Waals surface area contributed by atoms with Gasteiger partial charge in [0.05, 0.1) is 12.5 Å². The van der Waals surface area contributed by atoms with E-state index in [-0.39, 0.29) is 6.42 Å². The minimum Gasteiger partial charge on any atom is -0.330 e. The topological polar surface area (TPSA) is 115 Å². The maximum atomic E-state index is 12.8. The van der Waals surface area contributed by atoms with Gasteiger partial charge in [0.1, 0.15) is 0 Å². The summed E-state index contributed by atoms with van der Waals surface area (Å²) >= 11 is 0. The zero-order valence-corrected chi connectivity index (χ0v) is 16.8. The fraction of sp³-hybridized carbons (Fsp3) is 0.250. The molecule has 0 bridgehead atoms. The average molecular weight is 402 g/mol. The third kappa shape index (κ3) is 3.61. The molecule has 2 amide bonds. The molecule has 6 N–H and O–H groups in total. The Morgan fingerprint density at radius 3 is 2.20 bits per heavy atom. The third-order valence-corrected chi connectivity index (χ3v) is 5.75. The number of hydrogen-bond acceptors (Lipinski definition) is 5. The summed E-state index contributed by atoms with van der Waals surface area (Å²) in [5.74, 6) is 4.80.